The molecule has 1 saturated heterocycles. The number of aromatic amines is 1. The molecule has 98 valence electrons. The number of ketones is 1. The predicted molar refractivity (Wildman–Crippen MR) is 66.4 cm³/mol. The lowest BCUT2D eigenvalue weighted by molar-refractivity contribution is 0.0637. The number of rotatable bonds is 3. The lowest BCUT2D eigenvalue weighted by Crippen LogP contribution is -2.19. The van der Waals surface area contributed by atoms with Gasteiger partial charge in [0.15, 0.2) is 0 Å². The van der Waals surface area contributed by atoms with E-state index in [0.717, 1.165) is 6.42 Å². The number of nitrogens with one attached hydrogen (secondary N) is 1. The zero-order chi connectivity index (χ0) is 13.4. The van der Waals surface area contributed by atoms with Gasteiger partial charge in [-0.3, -0.25) is 9.78 Å². The third-order valence-corrected chi connectivity index (χ3v) is 3.24. The molecule has 0 amide bonds. The number of carbonyl (C=O) groups is 2. The topological polar surface area (TPSA) is 92.3 Å². The Balaban J connectivity index is 2.04. The molecule has 1 atom stereocenters. The standard InChI is InChI=1S/C13H12N2O4/c16-12(10-2-1-5-19-10)9-6-8-11(15-9)7(13(17)18)3-4-14-8/h3-4,6,10,15H,1-2,5H2,(H,17,18). The fraction of sp³-hybridized carbons (Fsp3) is 0.308. The summed E-state index contributed by atoms with van der Waals surface area (Å²) in [6.07, 6.45) is 2.56. The lowest BCUT2D eigenvalue weighted by atomic mass is 10.1. The minimum Gasteiger partial charge on any atom is -0.478 e. The smallest absolute Gasteiger partial charge is 0.337 e. The molecule has 3 rings (SSSR count). The Hall–Kier alpha value is -2.21. The number of carbonyl (C=O) groups excluding carboxylic acids is 1. The van der Waals surface area contributed by atoms with Gasteiger partial charge in [0.1, 0.15) is 6.10 Å². The van der Waals surface area contributed by atoms with Gasteiger partial charge in [-0.1, -0.05) is 0 Å². The number of nitrogens with zero attached hydrogens (tertiary/aromatic N) is 1. The van der Waals surface area contributed by atoms with E-state index in [2.05, 4.69) is 9.97 Å². The average Bonchev–Trinajstić information content (AvgIpc) is 3.06. The Morgan fingerprint density at radius 1 is 1.47 bits per heavy atom. The van der Waals surface area contributed by atoms with Crippen LogP contribution in [0.5, 0.6) is 0 Å². The van der Waals surface area contributed by atoms with Gasteiger partial charge in [0.05, 0.1) is 22.3 Å². The van der Waals surface area contributed by atoms with Gasteiger partial charge in [0.25, 0.3) is 0 Å². The highest BCUT2D eigenvalue weighted by Crippen LogP contribution is 2.21. The number of carboxylic acid groups (broad SMARTS) is 1. The van der Waals surface area contributed by atoms with Crippen LogP contribution in [0.15, 0.2) is 18.3 Å². The molecule has 3 heterocycles. The molecular weight excluding hydrogens is 248 g/mol. The average molecular weight is 260 g/mol. The summed E-state index contributed by atoms with van der Waals surface area (Å²) in [5.41, 5.74) is 1.30. The number of H-pyrrole nitrogens is 1. The van der Waals surface area contributed by atoms with Crippen LogP contribution in [-0.4, -0.2) is 39.5 Å². The molecule has 2 aromatic heterocycles. The minimum atomic E-state index is -1.05. The van der Waals surface area contributed by atoms with Crippen molar-refractivity contribution >= 4 is 22.8 Å². The lowest BCUT2D eigenvalue weighted by Gasteiger charge is -2.05. The second-order valence-corrected chi connectivity index (χ2v) is 4.47. The Labute approximate surface area is 108 Å². The van der Waals surface area contributed by atoms with Crippen molar-refractivity contribution in [1.29, 1.82) is 0 Å². The van der Waals surface area contributed by atoms with Gasteiger partial charge in [-0.25, -0.2) is 4.79 Å². The first-order valence-corrected chi connectivity index (χ1v) is 6.03. The summed E-state index contributed by atoms with van der Waals surface area (Å²) in [4.78, 5) is 30.2. The normalized spacial score (nSPS) is 18.8. The fourth-order valence-electron chi connectivity index (χ4n) is 2.30. The molecule has 0 saturated carbocycles. The van der Waals surface area contributed by atoms with Gasteiger partial charge < -0.3 is 14.8 Å². The minimum absolute atomic E-state index is 0.108. The number of aromatic carboxylic acids is 1. The second kappa shape index (κ2) is 4.47. The molecular formula is C13H12N2O4. The molecule has 1 aliphatic rings. The van der Waals surface area contributed by atoms with E-state index in [0.29, 0.717) is 29.8 Å². The van der Waals surface area contributed by atoms with Crippen LogP contribution in [0.2, 0.25) is 0 Å². The highest BCUT2D eigenvalue weighted by molar-refractivity contribution is 6.06. The van der Waals surface area contributed by atoms with Gasteiger partial charge in [-0.2, -0.15) is 0 Å². The maximum absolute atomic E-state index is 12.2. The van der Waals surface area contributed by atoms with E-state index >= 15 is 0 Å². The van der Waals surface area contributed by atoms with Crippen LogP contribution in [0.4, 0.5) is 0 Å². The van der Waals surface area contributed by atoms with Gasteiger partial charge in [-0.05, 0) is 25.0 Å². The van der Waals surface area contributed by atoms with Crippen molar-refractivity contribution in [2.75, 3.05) is 6.61 Å². The van der Waals surface area contributed by atoms with Crippen molar-refractivity contribution in [2.45, 2.75) is 18.9 Å². The van der Waals surface area contributed by atoms with E-state index in [1.807, 2.05) is 0 Å². The number of Topliss-reactive ketones (excluding diaryl/α,β-unsaturated/α-hetero) is 1. The molecule has 6 nitrogen and oxygen atoms in total. The molecule has 1 unspecified atom stereocenters. The molecule has 1 aliphatic heterocycles. The van der Waals surface area contributed by atoms with Gasteiger partial charge in [0.2, 0.25) is 5.78 Å². The first-order valence-electron chi connectivity index (χ1n) is 6.03. The number of carboxylic acids is 1. The quantitative estimate of drug-likeness (QED) is 0.818. The van der Waals surface area contributed by atoms with Crippen molar-refractivity contribution in [3.63, 3.8) is 0 Å². The summed E-state index contributed by atoms with van der Waals surface area (Å²) in [5.74, 6) is -1.20. The zero-order valence-electron chi connectivity index (χ0n) is 10.0. The number of hydrogen-bond donors (Lipinski definition) is 2. The predicted octanol–water partition coefficient (Wildman–Crippen LogP) is 1.62. The van der Waals surface area contributed by atoms with Crippen molar-refractivity contribution in [3.05, 3.63) is 29.6 Å². The van der Waals surface area contributed by atoms with Crippen molar-refractivity contribution < 1.29 is 19.4 Å². The number of ether oxygens (including phenoxy) is 1. The van der Waals surface area contributed by atoms with Crippen molar-refractivity contribution in [1.82, 2.24) is 9.97 Å². The van der Waals surface area contributed by atoms with Crippen LogP contribution in [0, 0.1) is 0 Å². The first-order chi connectivity index (χ1) is 9.16. The third kappa shape index (κ3) is 2.00. The van der Waals surface area contributed by atoms with Crippen LogP contribution < -0.4 is 0 Å². The summed E-state index contributed by atoms with van der Waals surface area (Å²) in [7, 11) is 0. The van der Waals surface area contributed by atoms with E-state index in [1.54, 1.807) is 6.07 Å². The zero-order valence-corrected chi connectivity index (χ0v) is 10.0. The molecule has 0 spiro atoms. The van der Waals surface area contributed by atoms with Crippen molar-refractivity contribution in [2.24, 2.45) is 0 Å². The number of fused-ring (bicyclic) bond motifs is 1. The van der Waals surface area contributed by atoms with Gasteiger partial charge in [0, 0.05) is 12.8 Å². The van der Waals surface area contributed by atoms with E-state index < -0.39 is 12.1 Å². The van der Waals surface area contributed by atoms with Crippen molar-refractivity contribution in [3.8, 4) is 0 Å². The highest BCUT2D eigenvalue weighted by Gasteiger charge is 2.26. The van der Waals surface area contributed by atoms with E-state index in [4.69, 9.17) is 9.84 Å². The SMILES string of the molecule is O=C(O)c1ccnc2cc(C(=O)C3CCCO3)[nH]c12. The van der Waals surface area contributed by atoms with Crippen LogP contribution in [0.1, 0.15) is 33.7 Å². The van der Waals surface area contributed by atoms with Crippen LogP contribution in [-0.2, 0) is 4.74 Å². The van der Waals surface area contributed by atoms with E-state index in [1.165, 1.54) is 12.3 Å². The van der Waals surface area contributed by atoms with Crippen LogP contribution in [0.25, 0.3) is 11.0 Å². The summed E-state index contributed by atoms with van der Waals surface area (Å²) in [6.45, 7) is 0.593. The molecule has 0 bridgehead atoms. The summed E-state index contributed by atoms with van der Waals surface area (Å²) >= 11 is 0. The monoisotopic (exact) mass is 260 g/mol. The summed E-state index contributed by atoms with van der Waals surface area (Å²) in [6, 6.07) is 2.98. The Kier molecular flexibility index (Phi) is 2.79. The fourth-order valence-corrected chi connectivity index (χ4v) is 2.30. The second-order valence-electron chi connectivity index (χ2n) is 4.47. The molecule has 0 radical (unpaired) electrons. The van der Waals surface area contributed by atoms with E-state index in [-0.39, 0.29) is 11.3 Å². The Bertz CT molecular complexity index is 656. The number of aromatic nitrogens is 2. The molecule has 2 aromatic rings. The van der Waals surface area contributed by atoms with E-state index in [9.17, 15) is 9.59 Å². The van der Waals surface area contributed by atoms with Crippen LogP contribution >= 0.6 is 0 Å². The maximum atomic E-state index is 12.2. The number of pyridine rings is 1. The maximum Gasteiger partial charge on any atom is 0.337 e. The highest BCUT2D eigenvalue weighted by atomic mass is 16.5. The Morgan fingerprint density at radius 2 is 2.32 bits per heavy atom. The molecule has 2 N–H and O–H groups in total. The van der Waals surface area contributed by atoms with Crippen LogP contribution in [0.3, 0.4) is 0 Å². The molecule has 0 aromatic carbocycles. The summed E-state index contributed by atoms with van der Waals surface area (Å²) < 4.78 is 5.34. The third-order valence-electron chi connectivity index (χ3n) is 3.24. The van der Waals surface area contributed by atoms with Gasteiger partial charge >= 0.3 is 5.97 Å². The number of hydrogen-bond acceptors (Lipinski definition) is 4. The molecule has 1 fully saturated rings. The molecule has 19 heavy (non-hydrogen) atoms. The Morgan fingerprint density at radius 3 is 3.00 bits per heavy atom. The largest absolute Gasteiger partial charge is 0.478 e. The first kappa shape index (κ1) is 11.9. The molecule has 0 aliphatic carbocycles. The summed E-state index contributed by atoms with van der Waals surface area (Å²) in [5, 5.41) is 9.08. The van der Waals surface area contributed by atoms with Gasteiger partial charge in [-0.15, -0.1) is 0 Å². The molecule has 6 heteroatoms.